The fourth-order valence-corrected chi connectivity index (χ4v) is 3.44. The Bertz CT molecular complexity index is 1300. The minimum atomic E-state index is -1.07. The molecule has 0 fully saturated rings. The number of hydrogen-bond acceptors (Lipinski definition) is 7. The monoisotopic (exact) mass is 481 g/mol. The van der Waals surface area contributed by atoms with Gasteiger partial charge in [0.1, 0.15) is 12.4 Å². The SMILES string of the molecule is O=C(NCc1ccncc1)c1ccc(OCc2nnc(C(=O)Nc3ccc(F)c(F)c3)s2)cc1. The molecule has 0 saturated heterocycles. The first kappa shape index (κ1) is 22.9. The quantitative estimate of drug-likeness (QED) is 0.395. The molecule has 2 aromatic heterocycles. The second-order valence-electron chi connectivity index (χ2n) is 6.94. The van der Waals surface area contributed by atoms with Crippen LogP contribution in [0.2, 0.25) is 0 Å². The van der Waals surface area contributed by atoms with Gasteiger partial charge >= 0.3 is 0 Å². The number of hydrogen-bond donors (Lipinski definition) is 2. The zero-order valence-electron chi connectivity index (χ0n) is 17.5. The molecule has 8 nitrogen and oxygen atoms in total. The van der Waals surface area contributed by atoms with Crippen molar-refractivity contribution in [2.45, 2.75) is 13.2 Å². The standard InChI is InChI=1S/C23H17F2N5O3S/c24-18-6-3-16(11-19(18)25)28-22(32)23-30-29-20(34-23)13-33-17-4-1-15(2-5-17)21(31)27-12-14-7-9-26-10-8-14/h1-11H,12-13H2,(H,27,31)(H,28,32). The van der Waals surface area contributed by atoms with Crippen LogP contribution in [-0.2, 0) is 13.2 Å². The molecule has 0 spiro atoms. The van der Waals surface area contributed by atoms with E-state index in [9.17, 15) is 18.4 Å². The summed E-state index contributed by atoms with van der Waals surface area (Å²) in [6.07, 6.45) is 3.32. The van der Waals surface area contributed by atoms with Crippen LogP contribution in [0, 0.1) is 11.6 Å². The highest BCUT2D eigenvalue weighted by Crippen LogP contribution is 2.18. The smallest absolute Gasteiger partial charge is 0.286 e. The van der Waals surface area contributed by atoms with Crippen molar-refractivity contribution in [3.63, 3.8) is 0 Å². The Morgan fingerprint density at radius 2 is 1.68 bits per heavy atom. The molecule has 0 radical (unpaired) electrons. The molecule has 2 heterocycles. The number of amides is 2. The minimum Gasteiger partial charge on any atom is -0.486 e. The van der Waals surface area contributed by atoms with Crippen LogP contribution in [-0.4, -0.2) is 27.0 Å². The van der Waals surface area contributed by atoms with E-state index in [1.807, 2.05) is 12.1 Å². The maximum absolute atomic E-state index is 13.3. The van der Waals surface area contributed by atoms with E-state index in [1.165, 1.54) is 6.07 Å². The van der Waals surface area contributed by atoms with E-state index in [0.29, 0.717) is 22.9 Å². The zero-order valence-corrected chi connectivity index (χ0v) is 18.3. The fourth-order valence-electron chi connectivity index (χ4n) is 2.79. The molecule has 0 bridgehead atoms. The van der Waals surface area contributed by atoms with Crippen LogP contribution in [0.5, 0.6) is 5.75 Å². The van der Waals surface area contributed by atoms with E-state index in [-0.39, 0.29) is 23.2 Å². The summed E-state index contributed by atoms with van der Waals surface area (Å²) in [7, 11) is 0. The third-order valence-corrected chi connectivity index (χ3v) is 5.42. The molecule has 0 aliphatic rings. The first-order chi connectivity index (χ1) is 16.5. The summed E-state index contributed by atoms with van der Waals surface area (Å²) in [5.74, 6) is -2.39. The van der Waals surface area contributed by atoms with Gasteiger partial charge < -0.3 is 15.4 Å². The zero-order chi connectivity index (χ0) is 23.9. The summed E-state index contributed by atoms with van der Waals surface area (Å²) < 4.78 is 31.9. The van der Waals surface area contributed by atoms with Gasteiger partial charge in [-0.15, -0.1) is 10.2 Å². The van der Waals surface area contributed by atoms with Gasteiger partial charge in [0.2, 0.25) is 5.01 Å². The molecule has 0 aliphatic carbocycles. The molecular weight excluding hydrogens is 464 g/mol. The number of pyridine rings is 1. The molecule has 0 aliphatic heterocycles. The fraction of sp³-hybridized carbons (Fsp3) is 0.0870. The number of ether oxygens (including phenoxy) is 1. The van der Waals surface area contributed by atoms with Crippen LogP contribution in [0.1, 0.15) is 30.7 Å². The predicted molar refractivity (Wildman–Crippen MR) is 120 cm³/mol. The second-order valence-corrected chi connectivity index (χ2v) is 8.00. The highest BCUT2D eigenvalue weighted by atomic mass is 32.1. The Balaban J connectivity index is 1.28. The third kappa shape index (κ3) is 5.95. The summed E-state index contributed by atoms with van der Waals surface area (Å²) >= 11 is 1.00. The van der Waals surface area contributed by atoms with Gasteiger partial charge in [-0.1, -0.05) is 11.3 Å². The van der Waals surface area contributed by atoms with Crippen molar-refractivity contribution < 1.29 is 23.1 Å². The van der Waals surface area contributed by atoms with Gasteiger partial charge in [-0.2, -0.15) is 0 Å². The van der Waals surface area contributed by atoms with Crippen molar-refractivity contribution in [3.8, 4) is 5.75 Å². The van der Waals surface area contributed by atoms with Crippen LogP contribution < -0.4 is 15.4 Å². The Hall–Kier alpha value is -4.25. The van der Waals surface area contributed by atoms with Crippen LogP contribution in [0.3, 0.4) is 0 Å². The second kappa shape index (κ2) is 10.6. The highest BCUT2D eigenvalue weighted by molar-refractivity contribution is 7.13. The lowest BCUT2D eigenvalue weighted by atomic mass is 10.2. The maximum Gasteiger partial charge on any atom is 0.286 e. The Morgan fingerprint density at radius 1 is 0.912 bits per heavy atom. The first-order valence-corrected chi connectivity index (χ1v) is 10.8. The van der Waals surface area contributed by atoms with Crippen LogP contribution in [0.4, 0.5) is 14.5 Å². The molecule has 2 aromatic carbocycles. The Morgan fingerprint density at radius 3 is 2.41 bits per heavy atom. The number of anilines is 1. The van der Waals surface area contributed by atoms with Gasteiger partial charge in [0.15, 0.2) is 16.6 Å². The van der Waals surface area contributed by atoms with E-state index < -0.39 is 17.5 Å². The van der Waals surface area contributed by atoms with Crippen molar-refractivity contribution >= 4 is 28.8 Å². The van der Waals surface area contributed by atoms with Gasteiger partial charge in [0, 0.05) is 36.3 Å². The lowest BCUT2D eigenvalue weighted by molar-refractivity contribution is 0.0950. The molecule has 2 amide bonds. The lowest BCUT2D eigenvalue weighted by Crippen LogP contribution is -2.22. The van der Waals surface area contributed by atoms with Crippen molar-refractivity contribution in [3.05, 3.63) is 99.8 Å². The summed E-state index contributed by atoms with van der Waals surface area (Å²) in [4.78, 5) is 28.5. The molecule has 172 valence electrons. The van der Waals surface area contributed by atoms with Crippen LogP contribution >= 0.6 is 11.3 Å². The van der Waals surface area contributed by atoms with Gasteiger partial charge in [-0.05, 0) is 54.1 Å². The average molecular weight is 481 g/mol. The molecule has 11 heteroatoms. The summed E-state index contributed by atoms with van der Waals surface area (Å²) in [6.45, 7) is 0.451. The predicted octanol–water partition coefficient (Wildman–Crippen LogP) is 3.97. The number of carbonyl (C=O) groups is 2. The van der Waals surface area contributed by atoms with E-state index in [1.54, 1.807) is 36.7 Å². The van der Waals surface area contributed by atoms with Crippen molar-refractivity contribution in [2.24, 2.45) is 0 Å². The number of benzene rings is 2. The number of rotatable bonds is 8. The van der Waals surface area contributed by atoms with Gasteiger partial charge in [-0.25, -0.2) is 8.78 Å². The number of nitrogens with one attached hydrogen (secondary N) is 2. The molecule has 0 saturated carbocycles. The molecule has 34 heavy (non-hydrogen) atoms. The lowest BCUT2D eigenvalue weighted by Gasteiger charge is -2.07. The van der Waals surface area contributed by atoms with Crippen molar-refractivity contribution in [2.75, 3.05) is 5.32 Å². The molecule has 0 atom stereocenters. The number of halogens is 2. The molecule has 2 N–H and O–H groups in total. The molecule has 0 unspecified atom stereocenters. The third-order valence-electron chi connectivity index (χ3n) is 4.52. The molecule has 4 rings (SSSR count). The van der Waals surface area contributed by atoms with Crippen LogP contribution in [0.25, 0.3) is 0 Å². The average Bonchev–Trinajstić information content (AvgIpc) is 3.34. The van der Waals surface area contributed by atoms with Crippen molar-refractivity contribution in [1.82, 2.24) is 20.5 Å². The maximum atomic E-state index is 13.3. The summed E-state index contributed by atoms with van der Waals surface area (Å²) in [5, 5.41) is 13.4. The summed E-state index contributed by atoms with van der Waals surface area (Å²) in [6, 6.07) is 13.3. The van der Waals surface area contributed by atoms with Crippen LogP contribution in [0.15, 0.2) is 67.0 Å². The Labute approximate surface area is 196 Å². The number of aromatic nitrogens is 3. The molecular formula is C23H17F2N5O3S. The molecule has 4 aromatic rings. The van der Waals surface area contributed by atoms with E-state index >= 15 is 0 Å². The Kier molecular flexibility index (Phi) is 7.13. The van der Waals surface area contributed by atoms with E-state index in [2.05, 4.69) is 25.8 Å². The summed E-state index contributed by atoms with van der Waals surface area (Å²) in [5.41, 5.74) is 1.52. The largest absolute Gasteiger partial charge is 0.486 e. The van der Waals surface area contributed by atoms with Gasteiger partial charge in [-0.3, -0.25) is 14.6 Å². The first-order valence-electron chi connectivity index (χ1n) is 9.96. The number of nitrogens with zero attached hydrogens (tertiary/aromatic N) is 3. The van der Waals surface area contributed by atoms with Gasteiger partial charge in [0.25, 0.3) is 11.8 Å². The normalized spacial score (nSPS) is 10.5. The van der Waals surface area contributed by atoms with E-state index in [0.717, 1.165) is 29.0 Å². The topological polar surface area (TPSA) is 106 Å². The minimum absolute atomic E-state index is 0.0459. The highest BCUT2D eigenvalue weighted by Gasteiger charge is 2.15. The van der Waals surface area contributed by atoms with Gasteiger partial charge in [0.05, 0.1) is 0 Å². The number of carbonyl (C=O) groups excluding carboxylic acids is 2. The van der Waals surface area contributed by atoms with E-state index in [4.69, 9.17) is 4.74 Å². The van der Waals surface area contributed by atoms with Crippen molar-refractivity contribution in [1.29, 1.82) is 0 Å².